The van der Waals surface area contributed by atoms with Crippen molar-refractivity contribution in [3.8, 4) is 0 Å². The number of ether oxygens (including phenoxy) is 1. The van der Waals surface area contributed by atoms with Gasteiger partial charge in [0.25, 0.3) is 0 Å². The Labute approximate surface area is 97.2 Å². The van der Waals surface area contributed by atoms with Gasteiger partial charge in [-0.2, -0.15) is 0 Å². The maximum absolute atomic E-state index is 11.7. The number of aliphatic hydroxyl groups is 1. The summed E-state index contributed by atoms with van der Waals surface area (Å²) >= 11 is 0. The van der Waals surface area contributed by atoms with Crippen LogP contribution < -0.4 is 0 Å². The summed E-state index contributed by atoms with van der Waals surface area (Å²) in [5.74, 6) is 1.11. The zero-order chi connectivity index (χ0) is 11.8. The second-order valence-corrected chi connectivity index (χ2v) is 5.53. The molecule has 2 bridgehead atoms. The van der Waals surface area contributed by atoms with Crippen molar-refractivity contribution in [3.63, 3.8) is 0 Å². The molecule has 16 heavy (non-hydrogen) atoms. The fraction of sp³-hybridized carbons (Fsp3) is 0.923. The highest BCUT2D eigenvalue weighted by Crippen LogP contribution is 2.54. The van der Waals surface area contributed by atoms with Crippen LogP contribution in [-0.2, 0) is 9.53 Å². The summed E-state index contributed by atoms with van der Waals surface area (Å²) in [4.78, 5) is 11.7. The number of carbonyl (C=O) groups excluding carboxylic acids is 1. The number of fused-ring (bicyclic) bond motifs is 2. The molecule has 0 heterocycles. The van der Waals surface area contributed by atoms with Crippen LogP contribution in [0.25, 0.3) is 0 Å². The van der Waals surface area contributed by atoms with Crippen molar-refractivity contribution in [3.05, 3.63) is 0 Å². The maximum atomic E-state index is 11.7. The van der Waals surface area contributed by atoms with Gasteiger partial charge in [0.15, 0.2) is 0 Å². The van der Waals surface area contributed by atoms with Crippen molar-refractivity contribution in [2.45, 2.75) is 64.1 Å². The summed E-state index contributed by atoms with van der Waals surface area (Å²) in [6.45, 7) is 3.73. The maximum Gasteiger partial charge on any atom is 0.308 e. The Morgan fingerprint density at radius 1 is 1.56 bits per heavy atom. The van der Waals surface area contributed by atoms with Gasteiger partial charge in [-0.1, -0.05) is 6.92 Å². The number of rotatable bonds is 4. The van der Waals surface area contributed by atoms with E-state index in [9.17, 15) is 9.90 Å². The number of aliphatic hydroxyl groups excluding tert-OH is 1. The fourth-order valence-corrected chi connectivity index (χ4v) is 3.53. The van der Waals surface area contributed by atoms with Crippen LogP contribution in [0.3, 0.4) is 0 Å². The van der Waals surface area contributed by atoms with Gasteiger partial charge in [-0.15, -0.1) is 0 Å². The van der Waals surface area contributed by atoms with Crippen molar-refractivity contribution in [2.75, 3.05) is 0 Å². The molecule has 2 aliphatic carbocycles. The molecule has 3 nitrogen and oxygen atoms in total. The topological polar surface area (TPSA) is 46.5 Å². The van der Waals surface area contributed by atoms with E-state index in [4.69, 9.17) is 4.74 Å². The Balaban J connectivity index is 1.98. The van der Waals surface area contributed by atoms with Gasteiger partial charge in [0, 0.05) is 0 Å². The largest absolute Gasteiger partial charge is 0.459 e. The lowest BCUT2D eigenvalue weighted by molar-refractivity contribution is -0.168. The molecule has 2 saturated carbocycles. The van der Waals surface area contributed by atoms with E-state index in [-0.39, 0.29) is 18.0 Å². The Morgan fingerprint density at radius 3 is 2.75 bits per heavy atom. The zero-order valence-electron chi connectivity index (χ0n) is 10.2. The highest BCUT2D eigenvalue weighted by atomic mass is 16.6. The second-order valence-electron chi connectivity index (χ2n) is 5.53. The highest BCUT2D eigenvalue weighted by molar-refractivity contribution is 5.70. The second kappa shape index (κ2) is 4.36. The van der Waals surface area contributed by atoms with Crippen molar-refractivity contribution in [2.24, 2.45) is 11.8 Å². The van der Waals surface area contributed by atoms with E-state index in [1.807, 2.05) is 0 Å². The lowest BCUT2D eigenvalue weighted by atomic mass is 9.82. The Bertz CT molecular complexity index is 274. The van der Waals surface area contributed by atoms with Crippen LogP contribution in [0.5, 0.6) is 0 Å². The summed E-state index contributed by atoms with van der Waals surface area (Å²) in [5.41, 5.74) is -0.200. The SMILES string of the molecule is CC[C@]1(OC(=O)CC(C)O)C[C@@H]2CC[C@H]1C2. The molecule has 0 aromatic heterocycles. The van der Waals surface area contributed by atoms with Crippen molar-refractivity contribution < 1.29 is 14.6 Å². The number of esters is 1. The van der Waals surface area contributed by atoms with Crippen LogP contribution in [0, 0.1) is 11.8 Å². The molecule has 2 fully saturated rings. The third-order valence-corrected chi connectivity index (χ3v) is 4.30. The molecular weight excluding hydrogens is 204 g/mol. The summed E-state index contributed by atoms with van der Waals surface area (Å²) in [6, 6.07) is 0. The van der Waals surface area contributed by atoms with E-state index in [1.165, 1.54) is 19.3 Å². The van der Waals surface area contributed by atoms with Gasteiger partial charge in [-0.3, -0.25) is 4.79 Å². The predicted octanol–water partition coefficient (Wildman–Crippen LogP) is 2.27. The van der Waals surface area contributed by atoms with Crippen LogP contribution in [0.15, 0.2) is 0 Å². The Hall–Kier alpha value is -0.570. The molecule has 0 aromatic carbocycles. The van der Waals surface area contributed by atoms with Gasteiger partial charge >= 0.3 is 5.97 Å². The van der Waals surface area contributed by atoms with Crippen LogP contribution in [0.2, 0.25) is 0 Å². The monoisotopic (exact) mass is 226 g/mol. The molecule has 0 aliphatic heterocycles. The average Bonchev–Trinajstić information content (AvgIpc) is 2.76. The van der Waals surface area contributed by atoms with Gasteiger partial charge < -0.3 is 9.84 Å². The normalized spacial score (nSPS) is 38.7. The summed E-state index contributed by atoms with van der Waals surface area (Å²) in [5, 5.41) is 9.18. The lowest BCUT2D eigenvalue weighted by Gasteiger charge is -2.36. The third-order valence-electron chi connectivity index (χ3n) is 4.30. The molecule has 0 aromatic rings. The Morgan fingerprint density at radius 2 is 2.31 bits per heavy atom. The molecule has 4 atom stereocenters. The van der Waals surface area contributed by atoms with E-state index in [0.29, 0.717) is 5.92 Å². The standard InChI is InChI=1S/C13H22O3/c1-3-13(16-12(15)6-9(2)14)8-10-4-5-11(13)7-10/h9-11,14H,3-8H2,1-2H3/t9?,10-,11+,13+/m1/s1. The van der Waals surface area contributed by atoms with E-state index in [0.717, 1.165) is 18.8 Å². The van der Waals surface area contributed by atoms with E-state index >= 15 is 0 Å². The minimum atomic E-state index is -0.597. The van der Waals surface area contributed by atoms with Gasteiger partial charge in [0.1, 0.15) is 5.60 Å². The van der Waals surface area contributed by atoms with Gasteiger partial charge in [0.05, 0.1) is 12.5 Å². The first-order valence-electron chi connectivity index (χ1n) is 6.45. The average molecular weight is 226 g/mol. The molecule has 1 N–H and O–H groups in total. The van der Waals surface area contributed by atoms with Gasteiger partial charge in [0.2, 0.25) is 0 Å². The summed E-state index contributed by atoms with van der Waals surface area (Å²) < 4.78 is 5.69. The first kappa shape index (κ1) is 11.9. The minimum Gasteiger partial charge on any atom is -0.459 e. The number of hydrogen-bond acceptors (Lipinski definition) is 3. The zero-order valence-corrected chi connectivity index (χ0v) is 10.2. The summed E-state index contributed by atoms with van der Waals surface area (Å²) in [6.07, 6.45) is 5.23. The van der Waals surface area contributed by atoms with Crippen LogP contribution in [0.4, 0.5) is 0 Å². The smallest absolute Gasteiger partial charge is 0.308 e. The quantitative estimate of drug-likeness (QED) is 0.748. The number of carbonyl (C=O) groups is 1. The first-order valence-corrected chi connectivity index (χ1v) is 6.45. The fourth-order valence-electron chi connectivity index (χ4n) is 3.53. The predicted molar refractivity (Wildman–Crippen MR) is 60.9 cm³/mol. The Kier molecular flexibility index (Phi) is 3.24. The molecule has 0 amide bonds. The van der Waals surface area contributed by atoms with Crippen LogP contribution >= 0.6 is 0 Å². The van der Waals surface area contributed by atoms with Crippen LogP contribution in [-0.4, -0.2) is 22.8 Å². The molecule has 0 spiro atoms. The molecule has 2 rings (SSSR count). The van der Waals surface area contributed by atoms with E-state index < -0.39 is 6.10 Å². The molecule has 0 saturated heterocycles. The molecule has 2 aliphatic rings. The molecule has 3 heteroatoms. The third kappa shape index (κ3) is 2.10. The molecule has 0 radical (unpaired) electrons. The first-order chi connectivity index (χ1) is 7.55. The number of hydrogen-bond donors (Lipinski definition) is 1. The van der Waals surface area contributed by atoms with Gasteiger partial charge in [-0.25, -0.2) is 0 Å². The van der Waals surface area contributed by atoms with E-state index in [2.05, 4.69) is 6.92 Å². The van der Waals surface area contributed by atoms with E-state index in [1.54, 1.807) is 6.92 Å². The molecule has 1 unspecified atom stereocenters. The minimum absolute atomic E-state index is 0.124. The lowest BCUT2D eigenvalue weighted by Crippen LogP contribution is -2.40. The summed E-state index contributed by atoms with van der Waals surface area (Å²) in [7, 11) is 0. The van der Waals surface area contributed by atoms with Gasteiger partial charge in [-0.05, 0) is 50.9 Å². The van der Waals surface area contributed by atoms with Crippen molar-refractivity contribution >= 4 is 5.97 Å². The highest BCUT2D eigenvalue weighted by Gasteiger charge is 2.52. The molecule has 92 valence electrons. The molecular formula is C13H22O3. The van der Waals surface area contributed by atoms with Crippen LogP contribution in [0.1, 0.15) is 52.4 Å². The van der Waals surface area contributed by atoms with Crippen molar-refractivity contribution in [1.82, 2.24) is 0 Å². The van der Waals surface area contributed by atoms with Crippen molar-refractivity contribution in [1.29, 1.82) is 0 Å².